The first-order valence-electron chi connectivity index (χ1n) is 8.61. The van der Waals surface area contributed by atoms with Gasteiger partial charge in [0.2, 0.25) is 5.16 Å². The van der Waals surface area contributed by atoms with Crippen LogP contribution in [-0.2, 0) is 0 Å². The highest BCUT2D eigenvalue weighted by atomic mass is 32.2. The fourth-order valence-electron chi connectivity index (χ4n) is 2.70. The van der Waals surface area contributed by atoms with Crippen LogP contribution >= 0.6 is 11.8 Å². The number of nitrogens with one attached hydrogen (secondary N) is 1. The summed E-state index contributed by atoms with van der Waals surface area (Å²) < 4.78 is 1.92. The molecule has 0 spiro atoms. The van der Waals surface area contributed by atoms with E-state index in [1.165, 1.54) is 0 Å². The molecule has 0 saturated heterocycles. The quantitative estimate of drug-likeness (QED) is 0.666. The van der Waals surface area contributed by atoms with Crippen molar-refractivity contribution in [2.75, 3.05) is 5.32 Å². The van der Waals surface area contributed by atoms with Gasteiger partial charge in [0.15, 0.2) is 0 Å². The summed E-state index contributed by atoms with van der Waals surface area (Å²) in [4.78, 5) is 12.3. The molecule has 26 heavy (non-hydrogen) atoms. The van der Waals surface area contributed by atoms with Crippen molar-refractivity contribution in [3.8, 4) is 0 Å². The lowest BCUT2D eigenvalue weighted by Crippen LogP contribution is -2.11. The Balaban J connectivity index is 1.46. The summed E-state index contributed by atoms with van der Waals surface area (Å²) in [6, 6.07) is 17.6. The standard InChI is InChI=1S/C19H19N5OS/c1-13(26-19-21-22-23-24(19)17-10-11-17)15-8-5-9-16(12-15)20-18(25)14-6-3-2-4-7-14/h2-9,12-13,17H,10-11H2,1H3,(H,20,25). The normalized spacial score (nSPS) is 14.8. The van der Waals surface area contributed by atoms with Crippen LogP contribution in [0.1, 0.15) is 47.0 Å². The zero-order valence-electron chi connectivity index (χ0n) is 14.4. The van der Waals surface area contributed by atoms with E-state index in [1.807, 2.05) is 41.1 Å². The molecule has 3 aromatic rings. The van der Waals surface area contributed by atoms with E-state index in [2.05, 4.69) is 33.8 Å². The van der Waals surface area contributed by atoms with E-state index in [9.17, 15) is 4.79 Å². The highest BCUT2D eigenvalue weighted by Gasteiger charge is 2.28. The fourth-order valence-corrected chi connectivity index (χ4v) is 3.68. The van der Waals surface area contributed by atoms with Gasteiger partial charge in [-0.3, -0.25) is 4.79 Å². The average molecular weight is 365 g/mol. The highest BCUT2D eigenvalue weighted by Crippen LogP contribution is 2.40. The molecule has 1 aliphatic carbocycles. The maximum absolute atomic E-state index is 12.3. The molecule has 0 radical (unpaired) electrons. The summed E-state index contributed by atoms with van der Waals surface area (Å²) in [7, 11) is 0. The summed E-state index contributed by atoms with van der Waals surface area (Å²) in [5.41, 5.74) is 2.54. The number of carbonyl (C=O) groups is 1. The molecule has 1 aliphatic rings. The van der Waals surface area contributed by atoms with Crippen molar-refractivity contribution in [1.82, 2.24) is 20.2 Å². The number of aromatic nitrogens is 4. The number of nitrogens with zero attached hydrogens (tertiary/aromatic N) is 4. The van der Waals surface area contributed by atoms with Crippen molar-refractivity contribution in [1.29, 1.82) is 0 Å². The molecule has 1 fully saturated rings. The third-order valence-electron chi connectivity index (χ3n) is 4.29. The Morgan fingerprint density at radius 1 is 1.19 bits per heavy atom. The monoisotopic (exact) mass is 365 g/mol. The number of benzene rings is 2. The Morgan fingerprint density at radius 3 is 2.77 bits per heavy atom. The molecule has 1 aromatic heterocycles. The maximum atomic E-state index is 12.3. The topological polar surface area (TPSA) is 72.7 Å². The molecule has 2 aromatic carbocycles. The minimum absolute atomic E-state index is 0.110. The van der Waals surface area contributed by atoms with Crippen molar-refractivity contribution < 1.29 is 4.79 Å². The number of carbonyl (C=O) groups excluding carboxylic acids is 1. The third-order valence-corrected chi connectivity index (χ3v) is 5.39. The largest absolute Gasteiger partial charge is 0.322 e. The molecule has 1 atom stereocenters. The second kappa shape index (κ2) is 7.29. The van der Waals surface area contributed by atoms with Gasteiger partial charge < -0.3 is 5.32 Å². The van der Waals surface area contributed by atoms with Gasteiger partial charge in [-0.05, 0) is 60.0 Å². The van der Waals surface area contributed by atoms with Crippen molar-refractivity contribution in [2.45, 2.75) is 36.2 Å². The number of tetrazole rings is 1. The Morgan fingerprint density at radius 2 is 2.00 bits per heavy atom. The molecule has 1 heterocycles. The van der Waals surface area contributed by atoms with E-state index in [0.29, 0.717) is 11.6 Å². The van der Waals surface area contributed by atoms with Crippen LogP contribution < -0.4 is 5.32 Å². The van der Waals surface area contributed by atoms with Crippen LogP contribution in [0.3, 0.4) is 0 Å². The van der Waals surface area contributed by atoms with Crippen molar-refractivity contribution in [2.24, 2.45) is 0 Å². The maximum Gasteiger partial charge on any atom is 0.255 e. The number of amides is 1. The average Bonchev–Trinajstić information content (AvgIpc) is 3.42. The second-order valence-electron chi connectivity index (χ2n) is 6.34. The molecule has 0 bridgehead atoms. The first kappa shape index (κ1) is 16.8. The molecular formula is C19H19N5OS. The molecule has 7 heteroatoms. The van der Waals surface area contributed by atoms with Crippen LogP contribution in [0.25, 0.3) is 0 Å². The van der Waals surface area contributed by atoms with E-state index >= 15 is 0 Å². The minimum Gasteiger partial charge on any atom is -0.322 e. The van der Waals surface area contributed by atoms with E-state index in [-0.39, 0.29) is 11.2 Å². The Kier molecular flexibility index (Phi) is 4.71. The van der Waals surface area contributed by atoms with E-state index in [1.54, 1.807) is 23.9 Å². The second-order valence-corrected chi connectivity index (χ2v) is 7.65. The van der Waals surface area contributed by atoms with Crippen molar-refractivity contribution in [3.05, 3.63) is 65.7 Å². The SMILES string of the molecule is CC(Sc1nnnn1C1CC1)c1cccc(NC(=O)c2ccccc2)c1. The summed E-state index contributed by atoms with van der Waals surface area (Å²) in [6.07, 6.45) is 2.29. The van der Waals surface area contributed by atoms with Gasteiger partial charge >= 0.3 is 0 Å². The molecule has 4 rings (SSSR count). The van der Waals surface area contributed by atoms with Crippen LogP contribution in [0, 0.1) is 0 Å². The van der Waals surface area contributed by atoms with Gasteiger partial charge in [0.25, 0.3) is 5.91 Å². The Labute approximate surface area is 156 Å². The summed E-state index contributed by atoms with van der Waals surface area (Å²) >= 11 is 1.64. The van der Waals surface area contributed by atoms with Gasteiger partial charge in [-0.1, -0.05) is 42.1 Å². The van der Waals surface area contributed by atoms with Gasteiger partial charge in [-0.15, -0.1) is 5.10 Å². The fraction of sp³-hybridized carbons (Fsp3) is 0.263. The third kappa shape index (κ3) is 3.77. The predicted octanol–water partition coefficient (Wildman–Crippen LogP) is 4.11. The van der Waals surface area contributed by atoms with Gasteiger partial charge in [0.05, 0.1) is 6.04 Å². The van der Waals surface area contributed by atoms with Crippen molar-refractivity contribution in [3.63, 3.8) is 0 Å². The number of rotatable bonds is 6. The van der Waals surface area contributed by atoms with Gasteiger partial charge in [0.1, 0.15) is 0 Å². The first-order chi connectivity index (χ1) is 12.7. The van der Waals surface area contributed by atoms with Gasteiger partial charge in [0, 0.05) is 16.5 Å². The number of thioether (sulfide) groups is 1. The molecule has 0 aliphatic heterocycles. The minimum atomic E-state index is -0.110. The van der Waals surface area contributed by atoms with Gasteiger partial charge in [-0.2, -0.15) is 0 Å². The van der Waals surface area contributed by atoms with Crippen molar-refractivity contribution >= 4 is 23.4 Å². The number of hydrogen-bond donors (Lipinski definition) is 1. The molecule has 1 unspecified atom stereocenters. The van der Waals surface area contributed by atoms with E-state index in [0.717, 1.165) is 29.2 Å². The zero-order chi connectivity index (χ0) is 17.9. The Bertz CT molecular complexity index is 907. The molecule has 1 saturated carbocycles. The first-order valence-corrected chi connectivity index (χ1v) is 9.49. The van der Waals surface area contributed by atoms with Gasteiger partial charge in [-0.25, -0.2) is 4.68 Å². The van der Waals surface area contributed by atoms with E-state index in [4.69, 9.17) is 0 Å². The lowest BCUT2D eigenvalue weighted by molar-refractivity contribution is 0.102. The smallest absolute Gasteiger partial charge is 0.255 e. The van der Waals surface area contributed by atoms with Crippen LogP contribution in [0.5, 0.6) is 0 Å². The highest BCUT2D eigenvalue weighted by molar-refractivity contribution is 7.99. The summed E-state index contributed by atoms with van der Waals surface area (Å²) in [5, 5.41) is 16.0. The predicted molar refractivity (Wildman–Crippen MR) is 101 cm³/mol. The lowest BCUT2D eigenvalue weighted by atomic mass is 10.1. The zero-order valence-corrected chi connectivity index (χ0v) is 15.2. The summed E-state index contributed by atoms with van der Waals surface area (Å²) in [5.74, 6) is -0.110. The Hall–Kier alpha value is -2.67. The van der Waals surface area contributed by atoms with E-state index < -0.39 is 0 Å². The number of anilines is 1. The molecule has 1 amide bonds. The molecular weight excluding hydrogens is 346 g/mol. The van der Waals surface area contributed by atoms with Crippen LogP contribution in [0.4, 0.5) is 5.69 Å². The van der Waals surface area contributed by atoms with Crippen LogP contribution in [-0.4, -0.2) is 26.1 Å². The number of hydrogen-bond acceptors (Lipinski definition) is 5. The lowest BCUT2D eigenvalue weighted by Gasteiger charge is -2.13. The molecule has 1 N–H and O–H groups in total. The summed E-state index contributed by atoms with van der Waals surface area (Å²) in [6.45, 7) is 2.12. The molecule has 6 nitrogen and oxygen atoms in total. The van der Waals surface area contributed by atoms with Crippen LogP contribution in [0.2, 0.25) is 0 Å². The molecule has 132 valence electrons. The van der Waals surface area contributed by atoms with Crippen LogP contribution in [0.15, 0.2) is 59.8 Å².